The van der Waals surface area contributed by atoms with Crippen molar-refractivity contribution in [2.24, 2.45) is 0 Å². The average molecular weight is 412 g/mol. The summed E-state index contributed by atoms with van der Waals surface area (Å²) in [6.45, 7) is 8.31. The molecule has 0 saturated carbocycles. The first-order valence-electron chi connectivity index (χ1n) is 9.24. The predicted molar refractivity (Wildman–Crippen MR) is 111 cm³/mol. The number of carbonyl (C=O) groups is 1. The Balaban J connectivity index is 2.04. The lowest BCUT2D eigenvalue weighted by Crippen LogP contribution is -2.13. The molecule has 0 fully saturated rings. The number of benzene rings is 2. The van der Waals surface area contributed by atoms with Crippen LogP contribution >= 0.6 is 11.6 Å². The highest BCUT2D eigenvalue weighted by Crippen LogP contribution is 2.29. The highest BCUT2D eigenvalue weighted by atomic mass is 35.5. The van der Waals surface area contributed by atoms with E-state index in [1.807, 2.05) is 18.2 Å². The van der Waals surface area contributed by atoms with E-state index in [4.69, 9.17) is 21.1 Å². The third-order valence-electron chi connectivity index (χ3n) is 4.14. The summed E-state index contributed by atoms with van der Waals surface area (Å²) in [6.07, 6.45) is 0. The minimum Gasteiger partial charge on any atom is -0.461 e. The Morgan fingerprint density at radius 3 is 2.45 bits per heavy atom. The van der Waals surface area contributed by atoms with Crippen LogP contribution in [0.2, 0.25) is 5.02 Å². The molecule has 0 aliphatic heterocycles. The predicted octanol–water partition coefficient (Wildman–Crippen LogP) is 5.46. The molecule has 1 aromatic heterocycles. The average Bonchev–Trinajstić information content (AvgIpc) is 2.69. The fraction of sp³-hybridized carbons (Fsp3) is 0.273. The van der Waals surface area contributed by atoms with Crippen LogP contribution in [0.1, 0.15) is 43.7 Å². The summed E-state index contributed by atoms with van der Waals surface area (Å²) in [7, 11) is 0. The van der Waals surface area contributed by atoms with Gasteiger partial charge in [-0.3, -0.25) is 0 Å². The monoisotopic (exact) mass is 411 g/mol. The van der Waals surface area contributed by atoms with Gasteiger partial charge in [0.1, 0.15) is 5.75 Å². The first-order valence-corrected chi connectivity index (χ1v) is 9.62. The van der Waals surface area contributed by atoms with Crippen molar-refractivity contribution in [3.8, 4) is 23.0 Å². The van der Waals surface area contributed by atoms with Crippen LogP contribution in [0.3, 0.4) is 0 Å². The van der Waals surface area contributed by atoms with Gasteiger partial charge in [0, 0.05) is 10.6 Å². The van der Waals surface area contributed by atoms with Gasteiger partial charge in [0.15, 0.2) is 5.82 Å². The normalized spacial score (nSPS) is 11.2. The van der Waals surface area contributed by atoms with Crippen molar-refractivity contribution in [3.05, 3.63) is 64.8 Å². The van der Waals surface area contributed by atoms with E-state index in [0.29, 0.717) is 16.6 Å². The third-order valence-corrected chi connectivity index (χ3v) is 4.39. The summed E-state index contributed by atoms with van der Waals surface area (Å²) in [4.78, 5) is 16.7. The van der Waals surface area contributed by atoms with Gasteiger partial charge in [0.25, 0.3) is 5.88 Å². The maximum atomic E-state index is 12.3. The number of hydrogen-bond donors (Lipinski definition) is 0. The number of hydrogen-bond acceptors (Lipinski definition) is 6. The number of aromatic nitrogens is 3. The summed E-state index contributed by atoms with van der Waals surface area (Å²) in [5.74, 6) is 0.200. The quantitative estimate of drug-likeness (QED) is 0.519. The summed E-state index contributed by atoms with van der Waals surface area (Å²) >= 11 is 5.93. The number of esters is 1. The van der Waals surface area contributed by atoms with Gasteiger partial charge in [-0.2, -0.15) is 4.98 Å². The van der Waals surface area contributed by atoms with E-state index < -0.39 is 5.97 Å². The molecular weight excluding hydrogens is 390 g/mol. The van der Waals surface area contributed by atoms with Gasteiger partial charge in [-0.25, -0.2) is 4.79 Å². The fourth-order valence-corrected chi connectivity index (χ4v) is 2.70. The van der Waals surface area contributed by atoms with Gasteiger partial charge in [0.2, 0.25) is 5.69 Å². The highest BCUT2D eigenvalue weighted by molar-refractivity contribution is 6.30. The molecule has 6 nitrogen and oxygen atoms in total. The smallest absolute Gasteiger partial charge is 0.364 e. The Labute approximate surface area is 174 Å². The number of rotatable bonds is 5. The zero-order valence-corrected chi connectivity index (χ0v) is 17.5. The molecule has 0 unspecified atom stereocenters. The zero-order chi connectivity index (χ0) is 21.0. The van der Waals surface area contributed by atoms with E-state index in [1.165, 1.54) is 0 Å². The molecule has 0 amide bonds. The number of nitrogens with zero attached hydrogens (tertiary/aromatic N) is 3. The van der Waals surface area contributed by atoms with E-state index in [0.717, 1.165) is 11.1 Å². The number of ether oxygens (including phenoxy) is 2. The van der Waals surface area contributed by atoms with Gasteiger partial charge in [-0.05, 0) is 48.2 Å². The molecule has 7 heteroatoms. The summed E-state index contributed by atoms with van der Waals surface area (Å²) in [5.41, 5.74) is 1.80. The van der Waals surface area contributed by atoms with E-state index in [2.05, 4.69) is 42.0 Å². The fourth-order valence-electron chi connectivity index (χ4n) is 2.57. The largest absolute Gasteiger partial charge is 0.461 e. The van der Waals surface area contributed by atoms with E-state index in [9.17, 15) is 4.79 Å². The Morgan fingerprint density at radius 1 is 1.07 bits per heavy atom. The van der Waals surface area contributed by atoms with E-state index >= 15 is 0 Å². The van der Waals surface area contributed by atoms with Crippen LogP contribution in [0.15, 0.2) is 48.5 Å². The van der Waals surface area contributed by atoms with Gasteiger partial charge in [0.05, 0.1) is 6.61 Å². The van der Waals surface area contributed by atoms with Crippen molar-refractivity contribution in [3.63, 3.8) is 0 Å². The lowest BCUT2D eigenvalue weighted by Gasteiger charge is -2.19. The molecule has 3 aromatic rings. The Kier molecular flexibility index (Phi) is 6.13. The van der Waals surface area contributed by atoms with Crippen LogP contribution in [0, 0.1) is 0 Å². The van der Waals surface area contributed by atoms with Gasteiger partial charge >= 0.3 is 5.97 Å². The molecule has 0 spiro atoms. The summed E-state index contributed by atoms with van der Waals surface area (Å²) in [6, 6.07) is 14.6. The van der Waals surface area contributed by atoms with Crippen LogP contribution in [-0.2, 0) is 10.2 Å². The SMILES string of the molecule is CCOC(=O)c1nnc(-c2cccc(C(C)(C)C)c2)nc1Oc1ccc(Cl)cc1. The van der Waals surface area contributed by atoms with Gasteiger partial charge in [-0.1, -0.05) is 50.6 Å². The molecule has 0 saturated heterocycles. The summed E-state index contributed by atoms with van der Waals surface area (Å²) < 4.78 is 10.9. The van der Waals surface area contributed by atoms with Gasteiger partial charge < -0.3 is 9.47 Å². The highest BCUT2D eigenvalue weighted by Gasteiger charge is 2.22. The lowest BCUT2D eigenvalue weighted by molar-refractivity contribution is 0.0514. The van der Waals surface area contributed by atoms with Crippen LogP contribution in [-0.4, -0.2) is 27.8 Å². The first kappa shape index (κ1) is 20.7. The maximum Gasteiger partial charge on any atom is 0.364 e. The number of halogens is 1. The molecule has 0 N–H and O–H groups in total. The first-order chi connectivity index (χ1) is 13.8. The van der Waals surface area contributed by atoms with Gasteiger partial charge in [-0.15, -0.1) is 10.2 Å². The molecule has 2 aromatic carbocycles. The van der Waals surface area contributed by atoms with Crippen molar-refractivity contribution >= 4 is 17.6 Å². The Morgan fingerprint density at radius 2 is 1.79 bits per heavy atom. The van der Waals surface area contributed by atoms with Crippen molar-refractivity contribution < 1.29 is 14.3 Å². The van der Waals surface area contributed by atoms with Crippen molar-refractivity contribution in [1.29, 1.82) is 0 Å². The van der Waals surface area contributed by atoms with Crippen LogP contribution in [0.25, 0.3) is 11.4 Å². The molecule has 0 aliphatic rings. The second kappa shape index (κ2) is 8.57. The van der Waals surface area contributed by atoms with Crippen LogP contribution in [0.5, 0.6) is 11.6 Å². The van der Waals surface area contributed by atoms with E-state index in [-0.39, 0.29) is 23.6 Å². The molecule has 3 rings (SSSR count). The van der Waals surface area contributed by atoms with E-state index in [1.54, 1.807) is 31.2 Å². The Hall–Kier alpha value is -2.99. The standard InChI is InChI=1S/C22H22ClN3O3/c1-5-28-21(27)18-20(29-17-11-9-16(23)10-12-17)24-19(26-25-18)14-7-6-8-15(13-14)22(2,3)4/h6-13H,5H2,1-4H3. The minimum absolute atomic E-state index is 0.0249. The van der Waals surface area contributed by atoms with Crippen molar-refractivity contribution in [1.82, 2.24) is 15.2 Å². The second-order valence-electron chi connectivity index (χ2n) is 7.40. The van der Waals surface area contributed by atoms with Crippen LogP contribution < -0.4 is 4.74 Å². The summed E-state index contributed by atoms with van der Waals surface area (Å²) in [5, 5.41) is 8.74. The van der Waals surface area contributed by atoms with Crippen molar-refractivity contribution in [2.45, 2.75) is 33.1 Å². The topological polar surface area (TPSA) is 74.2 Å². The molecule has 29 heavy (non-hydrogen) atoms. The zero-order valence-electron chi connectivity index (χ0n) is 16.8. The Bertz CT molecular complexity index is 1010. The number of carbonyl (C=O) groups excluding carboxylic acids is 1. The molecule has 0 aliphatic carbocycles. The van der Waals surface area contributed by atoms with Crippen LogP contribution in [0.4, 0.5) is 0 Å². The third kappa shape index (κ3) is 5.09. The molecule has 0 atom stereocenters. The molecule has 1 heterocycles. The molecule has 150 valence electrons. The molecule has 0 radical (unpaired) electrons. The second-order valence-corrected chi connectivity index (χ2v) is 7.83. The minimum atomic E-state index is -0.647. The van der Waals surface area contributed by atoms with Crippen molar-refractivity contribution in [2.75, 3.05) is 6.61 Å². The maximum absolute atomic E-state index is 12.3. The lowest BCUT2D eigenvalue weighted by atomic mass is 9.86. The molecule has 0 bridgehead atoms. The molecular formula is C22H22ClN3O3.